The molecule has 0 saturated heterocycles. The summed E-state index contributed by atoms with van der Waals surface area (Å²) in [5, 5.41) is 3.18. The van der Waals surface area contributed by atoms with Crippen LogP contribution in [0.2, 0.25) is 0 Å². The first kappa shape index (κ1) is 17.9. The highest BCUT2D eigenvalue weighted by molar-refractivity contribution is 7.09. The van der Waals surface area contributed by atoms with Crippen LogP contribution in [0.25, 0.3) is 0 Å². The molecule has 1 unspecified atom stereocenters. The predicted molar refractivity (Wildman–Crippen MR) is 102 cm³/mol. The number of benzene rings is 1. The van der Waals surface area contributed by atoms with E-state index in [-0.39, 0.29) is 22.2 Å². The second-order valence-corrected chi connectivity index (χ2v) is 8.71. The second kappa shape index (κ2) is 6.79. The fraction of sp³-hybridized carbons (Fsp3) is 0.500. The lowest BCUT2D eigenvalue weighted by atomic mass is 9.71. The van der Waals surface area contributed by atoms with Gasteiger partial charge in [0.05, 0.1) is 6.04 Å². The van der Waals surface area contributed by atoms with Gasteiger partial charge in [-0.25, -0.2) is 0 Å². The molecular formula is C20H26N2O2S. The summed E-state index contributed by atoms with van der Waals surface area (Å²) in [4.78, 5) is 25.5. The lowest BCUT2D eigenvalue weighted by Gasteiger charge is -2.37. The summed E-state index contributed by atoms with van der Waals surface area (Å²) in [5.74, 6) is 0.00895. The van der Waals surface area contributed by atoms with Crippen molar-refractivity contribution in [3.05, 3.63) is 55.6 Å². The number of thiazole rings is 1. The fourth-order valence-corrected chi connectivity index (χ4v) is 4.55. The van der Waals surface area contributed by atoms with Crippen LogP contribution < -0.4 is 10.2 Å². The number of nitrogens with one attached hydrogen (secondary N) is 1. The molecule has 0 aliphatic heterocycles. The maximum Gasteiger partial charge on any atom is 0.307 e. The smallest absolute Gasteiger partial charge is 0.307 e. The van der Waals surface area contributed by atoms with E-state index in [2.05, 4.69) is 37.4 Å². The molecule has 0 spiro atoms. The van der Waals surface area contributed by atoms with E-state index in [1.165, 1.54) is 22.5 Å². The third kappa shape index (κ3) is 3.56. The molecule has 1 heterocycles. The molecule has 1 atom stereocenters. The van der Waals surface area contributed by atoms with Crippen LogP contribution in [0.5, 0.6) is 0 Å². The number of fused-ring (bicyclic) bond motifs is 1. The van der Waals surface area contributed by atoms with Crippen molar-refractivity contribution in [1.29, 1.82) is 0 Å². The fourth-order valence-electron chi connectivity index (χ4n) is 3.69. The van der Waals surface area contributed by atoms with E-state index >= 15 is 0 Å². The molecule has 5 heteroatoms. The molecule has 25 heavy (non-hydrogen) atoms. The summed E-state index contributed by atoms with van der Waals surface area (Å²) in [6.45, 7) is 8.85. The lowest BCUT2D eigenvalue weighted by Crippen LogP contribution is -2.36. The van der Waals surface area contributed by atoms with E-state index in [0.29, 0.717) is 13.0 Å². The standard InChI is InChI=1S/C20H26N2O2S/c1-13-14(2)25-19(24)22(13)12-10-18(23)21-17-9-11-20(3,4)16-8-6-5-7-15(16)17/h5-8,17H,9-12H2,1-4H3,(H,21,23). The number of carbonyl (C=O) groups excluding carboxylic acids is 1. The molecule has 134 valence electrons. The topological polar surface area (TPSA) is 51.1 Å². The van der Waals surface area contributed by atoms with Gasteiger partial charge in [-0.15, -0.1) is 0 Å². The molecule has 3 rings (SSSR count). The number of hydrogen-bond donors (Lipinski definition) is 1. The Morgan fingerprint density at radius 2 is 2.04 bits per heavy atom. The molecule has 2 aromatic rings. The van der Waals surface area contributed by atoms with Crippen molar-refractivity contribution >= 4 is 17.2 Å². The average molecular weight is 359 g/mol. The second-order valence-electron chi connectivity index (χ2n) is 7.54. The minimum Gasteiger partial charge on any atom is -0.349 e. The SMILES string of the molecule is Cc1sc(=O)n(CCC(=O)NC2CCC(C)(C)c3ccccc32)c1C. The summed E-state index contributed by atoms with van der Waals surface area (Å²) in [5.41, 5.74) is 3.67. The largest absolute Gasteiger partial charge is 0.349 e. The van der Waals surface area contributed by atoms with E-state index in [1.54, 1.807) is 4.57 Å². The molecule has 4 nitrogen and oxygen atoms in total. The Labute approximate surface area is 152 Å². The first-order valence-corrected chi connectivity index (χ1v) is 9.67. The van der Waals surface area contributed by atoms with E-state index in [4.69, 9.17) is 0 Å². The van der Waals surface area contributed by atoms with Gasteiger partial charge in [-0.05, 0) is 43.2 Å². The van der Waals surface area contributed by atoms with Gasteiger partial charge in [-0.3, -0.25) is 9.59 Å². The molecule has 1 aliphatic carbocycles. The van der Waals surface area contributed by atoms with Gasteiger partial charge in [0.25, 0.3) is 0 Å². The number of rotatable bonds is 4. The van der Waals surface area contributed by atoms with Crippen molar-refractivity contribution in [3.8, 4) is 0 Å². The van der Waals surface area contributed by atoms with Crippen molar-refractivity contribution in [2.75, 3.05) is 0 Å². The van der Waals surface area contributed by atoms with Crippen LogP contribution in [-0.4, -0.2) is 10.5 Å². The molecule has 0 fully saturated rings. The summed E-state index contributed by atoms with van der Waals surface area (Å²) in [7, 11) is 0. The molecule has 0 radical (unpaired) electrons. The van der Waals surface area contributed by atoms with E-state index in [0.717, 1.165) is 23.4 Å². The van der Waals surface area contributed by atoms with Crippen molar-refractivity contribution in [3.63, 3.8) is 0 Å². The van der Waals surface area contributed by atoms with Crippen molar-refractivity contribution < 1.29 is 4.79 Å². The third-order valence-electron chi connectivity index (χ3n) is 5.40. The maximum atomic E-state index is 12.5. The van der Waals surface area contributed by atoms with Crippen LogP contribution in [0.4, 0.5) is 0 Å². The highest BCUT2D eigenvalue weighted by Gasteiger charge is 2.32. The highest BCUT2D eigenvalue weighted by atomic mass is 32.1. The van der Waals surface area contributed by atoms with Gasteiger partial charge < -0.3 is 9.88 Å². The molecule has 1 N–H and O–H groups in total. The van der Waals surface area contributed by atoms with Gasteiger partial charge in [0.15, 0.2) is 0 Å². The van der Waals surface area contributed by atoms with Crippen LogP contribution in [-0.2, 0) is 16.8 Å². The minimum absolute atomic E-state index is 0.00895. The van der Waals surface area contributed by atoms with Gasteiger partial charge in [0.1, 0.15) is 0 Å². The van der Waals surface area contributed by atoms with Crippen LogP contribution >= 0.6 is 11.3 Å². The van der Waals surface area contributed by atoms with Gasteiger partial charge >= 0.3 is 4.87 Å². The Bertz CT molecular complexity index is 848. The van der Waals surface area contributed by atoms with E-state index in [9.17, 15) is 9.59 Å². The number of hydrogen-bond acceptors (Lipinski definition) is 3. The Balaban J connectivity index is 1.69. The normalized spacial score (nSPS) is 18.6. The predicted octanol–water partition coefficient (Wildman–Crippen LogP) is 3.85. The zero-order valence-corrected chi connectivity index (χ0v) is 16.2. The lowest BCUT2D eigenvalue weighted by molar-refractivity contribution is -0.122. The first-order valence-electron chi connectivity index (χ1n) is 8.85. The molecule has 1 amide bonds. The molecule has 1 aliphatic rings. The quantitative estimate of drug-likeness (QED) is 0.903. The molecule has 0 saturated carbocycles. The molecular weight excluding hydrogens is 332 g/mol. The third-order valence-corrected chi connectivity index (χ3v) is 6.39. The summed E-state index contributed by atoms with van der Waals surface area (Å²) < 4.78 is 1.71. The van der Waals surface area contributed by atoms with Crippen molar-refractivity contribution in [1.82, 2.24) is 9.88 Å². The first-order chi connectivity index (χ1) is 11.8. The van der Waals surface area contributed by atoms with Crippen LogP contribution in [0.1, 0.15) is 60.8 Å². The number of amides is 1. The van der Waals surface area contributed by atoms with Gasteiger partial charge in [-0.2, -0.15) is 0 Å². The average Bonchev–Trinajstić information content (AvgIpc) is 2.81. The van der Waals surface area contributed by atoms with Crippen molar-refractivity contribution in [2.24, 2.45) is 0 Å². The zero-order chi connectivity index (χ0) is 18.2. The zero-order valence-electron chi connectivity index (χ0n) is 15.4. The van der Waals surface area contributed by atoms with Crippen LogP contribution in [0.15, 0.2) is 29.1 Å². The number of aromatic nitrogens is 1. The number of nitrogens with zero attached hydrogens (tertiary/aromatic N) is 1. The molecule has 1 aromatic heterocycles. The summed E-state index contributed by atoms with van der Waals surface area (Å²) >= 11 is 1.25. The molecule has 1 aromatic carbocycles. The van der Waals surface area contributed by atoms with Gasteiger partial charge in [-0.1, -0.05) is 49.4 Å². The maximum absolute atomic E-state index is 12.5. The number of aryl methyl sites for hydroxylation is 1. The van der Waals surface area contributed by atoms with Crippen molar-refractivity contribution in [2.45, 2.75) is 65.0 Å². The van der Waals surface area contributed by atoms with E-state index < -0.39 is 0 Å². The van der Waals surface area contributed by atoms with E-state index in [1.807, 2.05) is 19.9 Å². The molecule has 0 bridgehead atoms. The Morgan fingerprint density at radius 1 is 1.32 bits per heavy atom. The monoisotopic (exact) mass is 358 g/mol. The summed E-state index contributed by atoms with van der Waals surface area (Å²) in [6, 6.07) is 8.47. The summed E-state index contributed by atoms with van der Waals surface area (Å²) in [6.07, 6.45) is 2.34. The van der Waals surface area contributed by atoms with Gasteiger partial charge in [0.2, 0.25) is 5.91 Å². The Morgan fingerprint density at radius 3 is 2.72 bits per heavy atom. The Kier molecular flexibility index (Phi) is 4.87. The van der Waals surface area contributed by atoms with Crippen LogP contribution in [0, 0.1) is 13.8 Å². The van der Waals surface area contributed by atoms with Gasteiger partial charge in [0, 0.05) is 23.5 Å². The minimum atomic E-state index is 0.00895. The van der Waals surface area contributed by atoms with Crippen LogP contribution in [0.3, 0.4) is 0 Å². The number of carbonyl (C=O) groups is 1. The Hall–Kier alpha value is -1.88. The highest BCUT2D eigenvalue weighted by Crippen LogP contribution is 2.41.